The Morgan fingerprint density at radius 1 is 1.24 bits per heavy atom. The summed E-state index contributed by atoms with van der Waals surface area (Å²) in [7, 11) is 0. The van der Waals surface area contributed by atoms with E-state index in [0.29, 0.717) is 11.5 Å². The van der Waals surface area contributed by atoms with Crippen LogP contribution in [0.5, 0.6) is 0 Å². The second-order valence-electron chi connectivity index (χ2n) is 5.34. The number of aromatic nitrogens is 1. The highest BCUT2D eigenvalue weighted by Crippen LogP contribution is 2.21. The molecule has 1 fully saturated rings. The maximum Gasteiger partial charge on any atom is 0.272 e. The molecule has 0 unspecified atom stereocenters. The molecule has 1 aliphatic rings. The molecule has 0 atom stereocenters. The summed E-state index contributed by atoms with van der Waals surface area (Å²) in [4.78, 5) is 21.1. The van der Waals surface area contributed by atoms with Gasteiger partial charge in [-0.3, -0.25) is 4.79 Å². The van der Waals surface area contributed by atoms with E-state index in [4.69, 9.17) is 5.73 Å². The van der Waals surface area contributed by atoms with Gasteiger partial charge < -0.3 is 15.5 Å². The third kappa shape index (κ3) is 2.69. The number of nitrogens with zero attached hydrogens (tertiary/aromatic N) is 3. The first kappa shape index (κ1) is 13.8. The predicted molar refractivity (Wildman–Crippen MR) is 84.2 cm³/mol. The molecule has 0 saturated carbocycles. The molecule has 2 N–H and O–H groups in total. The SMILES string of the molecule is CCN1CCN(C(=O)c2cc3ccccc3c(N)n2)CC1. The summed E-state index contributed by atoms with van der Waals surface area (Å²) in [6, 6.07) is 9.58. The molecule has 5 nitrogen and oxygen atoms in total. The molecule has 1 aliphatic heterocycles. The Hall–Kier alpha value is -2.14. The number of carbonyl (C=O) groups is 1. The molecule has 2 aromatic rings. The van der Waals surface area contributed by atoms with Gasteiger partial charge in [0.25, 0.3) is 5.91 Å². The topological polar surface area (TPSA) is 62.5 Å². The van der Waals surface area contributed by atoms with E-state index in [1.807, 2.05) is 35.2 Å². The average Bonchev–Trinajstić information content (AvgIpc) is 2.54. The number of carbonyl (C=O) groups excluding carboxylic acids is 1. The van der Waals surface area contributed by atoms with E-state index in [9.17, 15) is 4.79 Å². The first-order valence-corrected chi connectivity index (χ1v) is 7.36. The van der Waals surface area contributed by atoms with Crippen molar-refractivity contribution in [1.82, 2.24) is 14.8 Å². The number of pyridine rings is 1. The zero-order chi connectivity index (χ0) is 14.8. The van der Waals surface area contributed by atoms with Crippen LogP contribution in [0.3, 0.4) is 0 Å². The van der Waals surface area contributed by atoms with Crippen molar-refractivity contribution in [3.8, 4) is 0 Å². The van der Waals surface area contributed by atoms with Crippen molar-refractivity contribution in [1.29, 1.82) is 0 Å². The zero-order valence-corrected chi connectivity index (χ0v) is 12.2. The molecule has 2 heterocycles. The summed E-state index contributed by atoms with van der Waals surface area (Å²) in [5.41, 5.74) is 6.42. The lowest BCUT2D eigenvalue weighted by molar-refractivity contribution is 0.0638. The summed E-state index contributed by atoms with van der Waals surface area (Å²) in [6.07, 6.45) is 0. The van der Waals surface area contributed by atoms with Crippen molar-refractivity contribution in [2.45, 2.75) is 6.92 Å². The first-order valence-electron chi connectivity index (χ1n) is 7.36. The van der Waals surface area contributed by atoms with Crippen molar-refractivity contribution in [2.24, 2.45) is 0 Å². The summed E-state index contributed by atoms with van der Waals surface area (Å²) in [5, 5.41) is 1.85. The van der Waals surface area contributed by atoms with Gasteiger partial charge in [-0.05, 0) is 18.0 Å². The largest absolute Gasteiger partial charge is 0.383 e. The van der Waals surface area contributed by atoms with Gasteiger partial charge in [-0.25, -0.2) is 4.98 Å². The molecule has 1 aromatic heterocycles. The summed E-state index contributed by atoms with van der Waals surface area (Å²) in [6.45, 7) is 6.52. The summed E-state index contributed by atoms with van der Waals surface area (Å²) in [5.74, 6) is 0.395. The molecule has 21 heavy (non-hydrogen) atoms. The Labute approximate surface area is 124 Å². The Balaban J connectivity index is 1.85. The van der Waals surface area contributed by atoms with Gasteiger partial charge in [-0.2, -0.15) is 0 Å². The monoisotopic (exact) mass is 284 g/mol. The Bertz CT molecular complexity index is 662. The maximum absolute atomic E-state index is 12.6. The van der Waals surface area contributed by atoms with Crippen molar-refractivity contribution >= 4 is 22.5 Å². The van der Waals surface area contributed by atoms with Gasteiger partial charge in [0.05, 0.1) is 0 Å². The Morgan fingerprint density at radius 3 is 2.67 bits per heavy atom. The van der Waals surface area contributed by atoms with E-state index in [-0.39, 0.29) is 5.91 Å². The number of nitrogen functional groups attached to an aromatic ring is 1. The standard InChI is InChI=1S/C16H20N4O/c1-2-19-7-9-20(10-8-19)16(21)14-11-12-5-3-4-6-13(12)15(17)18-14/h3-6,11H,2,7-10H2,1H3,(H2,17,18). The van der Waals surface area contributed by atoms with Crippen LogP contribution in [-0.2, 0) is 0 Å². The van der Waals surface area contributed by atoms with E-state index in [1.54, 1.807) is 0 Å². The minimum atomic E-state index is -0.0248. The normalized spacial score (nSPS) is 16.3. The van der Waals surface area contributed by atoms with Crippen LogP contribution in [0.2, 0.25) is 0 Å². The highest BCUT2D eigenvalue weighted by molar-refractivity contribution is 5.99. The lowest BCUT2D eigenvalue weighted by Crippen LogP contribution is -2.48. The van der Waals surface area contributed by atoms with E-state index in [0.717, 1.165) is 43.5 Å². The molecule has 1 saturated heterocycles. The number of amides is 1. The number of nitrogens with two attached hydrogens (primary N) is 1. The Morgan fingerprint density at radius 2 is 1.95 bits per heavy atom. The summed E-state index contributed by atoms with van der Waals surface area (Å²) < 4.78 is 0. The molecule has 0 aliphatic carbocycles. The van der Waals surface area contributed by atoms with Gasteiger partial charge >= 0.3 is 0 Å². The van der Waals surface area contributed by atoms with Crippen LogP contribution >= 0.6 is 0 Å². The number of anilines is 1. The zero-order valence-electron chi connectivity index (χ0n) is 12.2. The van der Waals surface area contributed by atoms with Crippen molar-refractivity contribution < 1.29 is 4.79 Å². The third-order valence-electron chi connectivity index (χ3n) is 4.10. The highest BCUT2D eigenvalue weighted by Gasteiger charge is 2.22. The number of hydrogen-bond donors (Lipinski definition) is 1. The number of benzene rings is 1. The van der Waals surface area contributed by atoms with Crippen LogP contribution in [0.1, 0.15) is 17.4 Å². The van der Waals surface area contributed by atoms with Crippen LogP contribution < -0.4 is 5.73 Å². The van der Waals surface area contributed by atoms with Crippen molar-refractivity contribution in [3.63, 3.8) is 0 Å². The second-order valence-corrected chi connectivity index (χ2v) is 5.34. The quantitative estimate of drug-likeness (QED) is 0.910. The van der Waals surface area contributed by atoms with Crippen molar-refractivity contribution in [3.05, 3.63) is 36.0 Å². The van der Waals surface area contributed by atoms with Gasteiger partial charge in [0.2, 0.25) is 0 Å². The second kappa shape index (κ2) is 5.69. The van der Waals surface area contributed by atoms with Gasteiger partial charge in [0, 0.05) is 31.6 Å². The number of likely N-dealkylation sites (N-methyl/N-ethyl adjacent to an activating group) is 1. The smallest absolute Gasteiger partial charge is 0.272 e. The van der Waals surface area contributed by atoms with Gasteiger partial charge in [0.15, 0.2) is 0 Å². The Kier molecular flexibility index (Phi) is 3.75. The molecular formula is C16H20N4O. The van der Waals surface area contributed by atoms with Crippen LogP contribution in [0.25, 0.3) is 10.8 Å². The number of fused-ring (bicyclic) bond motifs is 1. The number of piperazine rings is 1. The molecular weight excluding hydrogens is 264 g/mol. The minimum Gasteiger partial charge on any atom is -0.383 e. The summed E-state index contributed by atoms with van der Waals surface area (Å²) >= 11 is 0. The number of hydrogen-bond acceptors (Lipinski definition) is 4. The van der Waals surface area contributed by atoms with Crippen molar-refractivity contribution in [2.75, 3.05) is 38.5 Å². The van der Waals surface area contributed by atoms with Gasteiger partial charge in [-0.15, -0.1) is 0 Å². The molecule has 0 radical (unpaired) electrons. The fourth-order valence-electron chi connectivity index (χ4n) is 2.76. The van der Waals surface area contributed by atoms with E-state index in [2.05, 4.69) is 16.8 Å². The molecule has 110 valence electrons. The van der Waals surface area contributed by atoms with Crippen LogP contribution in [0.4, 0.5) is 5.82 Å². The van der Waals surface area contributed by atoms with E-state index < -0.39 is 0 Å². The van der Waals surface area contributed by atoms with Crippen LogP contribution in [0, 0.1) is 0 Å². The lowest BCUT2D eigenvalue weighted by Gasteiger charge is -2.33. The lowest BCUT2D eigenvalue weighted by atomic mass is 10.1. The first-order chi connectivity index (χ1) is 10.2. The number of rotatable bonds is 2. The molecule has 5 heteroatoms. The fraction of sp³-hybridized carbons (Fsp3) is 0.375. The van der Waals surface area contributed by atoms with E-state index in [1.165, 1.54) is 0 Å². The molecule has 3 rings (SSSR count). The van der Waals surface area contributed by atoms with Crippen LogP contribution in [0.15, 0.2) is 30.3 Å². The highest BCUT2D eigenvalue weighted by atomic mass is 16.2. The molecule has 1 amide bonds. The van der Waals surface area contributed by atoms with E-state index >= 15 is 0 Å². The molecule has 0 spiro atoms. The molecule has 0 bridgehead atoms. The maximum atomic E-state index is 12.6. The predicted octanol–water partition coefficient (Wildman–Crippen LogP) is 1.59. The minimum absolute atomic E-state index is 0.0248. The van der Waals surface area contributed by atoms with Gasteiger partial charge in [-0.1, -0.05) is 31.2 Å². The third-order valence-corrected chi connectivity index (χ3v) is 4.10. The molecule has 1 aromatic carbocycles. The van der Waals surface area contributed by atoms with Gasteiger partial charge in [0.1, 0.15) is 11.5 Å². The van der Waals surface area contributed by atoms with Crippen LogP contribution in [-0.4, -0.2) is 53.4 Å². The fourth-order valence-corrected chi connectivity index (χ4v) is 2.76. The average molecular weight is 284 g/mol.